The molecule has 0 heterocycles. The fourth-order valence-electron chi connectivity index (χ4n) is 3.24. The number of hydrogen-bond donors (Lipinski definition) is 2. The van der Waals surface area contributed by atoms with Gasteiger partial charge in [-0.2, -0.15) is 0 Å². The Bertz CT molecular complexity index is 700. The van der Waals surface area contributed by atoms with Gasteiger partial charge in [0.15, 0.2) is 0 Å². The molecule has 1 aliphatic rings. The van der Waals surface area contributed by atoms with Gasteiger partial charge in [-0.05, 0) is 49.4 Å². The van der Waals surface area contributed by atoms with Gasteiger partial charge in [-0.1, -0.05) is 42.5 Å². The predicted octanol–water partition coefficient (Wildman–Crippen LogP) is 3.80. The third-order valence-corrected chi connectivity index (χ3v) is 4.65. The predicted molar refractivity (Wildman–Crippen MR) is 99.3 cm³/mol. The molecular weight excluding hydrogens is 331 g/mol. The number of nitrogens with one attached hydrogen (secondary N) is 2. The normalized spacial score (nSPS) is 20.1. The molecule has 1 amide bonds. The van der Waals surface area contributed by atoms with Crippen LogP contribution in [0.15, 0.2) is 54.6 Å². The first-order valence-corrected chi connectivity index (χ1v) is 9.06. The van der Waals surface area contributed by atoms with Crippen molar-refractivity contribution in [1.82, 2.24) is 10.6 Å². The highest BCUT2D eigenvalue weighted by atomic mass is 19.1. The fraction of sp³-hybridized carbons (Fsp3) is 0.381. The molecule has 1 saturated carbocycles. The van der Waals surface area contributed by atoms with Gasteiger partial charge in [0.1, 0.15) is 12.4 Å². The van der Waals surface area contributed by atoms with Crippen molar-refractivity contribution < 1.29 is 13.9 Å². The van der Waals surface area contributed by atoms with Crippen LogP contribution in [0.4, 0.5) is 9.18 Å². The summed E-state index contributed by atoms with van der Waals surface area (Å²) in [6, 6.07) is 17.1. The molecule has 0 spiro atoms. The van der Waals surface area contributed by atoms with Crippen LogP contribution in [0.1, 0.15) is 30.9 Å². The van der Waals surface area contributed by atoms with E-state index in [2.05, 4.69) is 17.6 Å². The van der Waals surface area contributed by atoms with Crippen LogP contribution in [0.5, 0.6) is 0 Å². The lowest BCUT2D eigenvalue weighted by Crippen LogP contribution is -2.54. The molecule has 2 N–H and O–H groups in total. The van der Waals surface area contributed by atoms with Crippen LogP contribution < -0.4 is 10.6 Å². The van der Waals surface area contributed by atoms with Crippen LogP contribution in [-0.2, 0) is 17.8 Å². The van der Waals surface area contributed by atoms with E-state index in [1.165, 1.54) is 12.1 Å². The van der Waals surface area contributed by atoms with E-state index < -0.39 is 0 Å². The largest absolute Gasteiger partial charge is 0.445 e. The molecule has 2 aromatic carbocycles. The third kappa shape index (κ3) is 5.56. The SMILES string of the molecule is CC(Cc1ccc(F)cc1)NC1CC(NC(=O)OCc2ccccc2)C1. The van der Waals surface area contributed by atoms with Crippen molar-refractivity contribution in [2.75, 3.05) is 0 Å². The average Bonchev–Trinajstić information content (AvgIpc) is 2.61. The van der Waals surface area contributed by atoms with Crippen LogP contribution in [0.2, 0.25) is 0 Å². The topological polar surface area (TPSA) is 50.4 Å². The molecule has 5 heteroatoms. The molecule has 0 aromatic heterocycles. The van der Waals surface area contributed by atoms with E-state index in [4.69, 9.17) is 4.74 Å². The van der Waals surface area contributed by atoms with Crippen molar-refractivity contribution in [3.05, 3.63) is 71.5 Å². The van der Waals surface area contributed by atoms with E-state index in [0.717, 1.165) is 30.4 Å². The van der Waals surface area contributed by atoms with E-state index in [1.807, 2.05) is 42.5 Å². The van der Waals surface area contributed by atoms with Gasteiger partial charge in [0, 0.05) is 18.1 Å². The molecule has 26 heavy (non-hydrogen) atoms. The lowest BCUT2D eigenvalue weighted by atomic mass is 9.86. The van der Waals surface area contributed by atoms with Crippen molar-refractivity contribution in [2.45, 2.75) is 50.9 Å². The van der Waals surface area contributed by atoms with E-state index in [-0.39, 0.29) is 24.6 Å². The van der Waals surface area contributed by atoms with Gasteiger partial charge in [-0.25, -0.2) is 9.18 Å². The molecule has 0 aliphatic heterocycles. The first-order valence-electron chi connectivity index (χ1n) is 9.06. The van der Waals surface area contributed by atoms with Crippen LogP contribution in [-0.4, -0.2) is 24.2 Å². The number of hydrogen-bond acceptors (Lipinski definition) is 3. The molecule has 1 atom stereocenters. The molecule has 0 radical (unpaired) electrons. The Morgan fingerprint density at radius 1 is 1.08 bits per heavy atom. The molecule has 1 aliphatic carbocycles. The maximum absolute atomic E-state index is 12.9. The minimum Gasteiger partial charge on any atom is -0.445 e. The number of alkyl carbamates (subject to hydrolysis) is 1. The van der Waals surface area contributed by atoms with Gasteiger partial charge in [0.05, 0.1) is 0 Å². The van der Waals surface area contributed by atoms with Crippen molar-refractivity contribution in [3.8, 4) is 0 Å². The van der Waals surface area contributed by atoms with Crippen LogP contribution in [0.25, 0.3) is 0 Å². The maximum atomic E-state index is 12.9. The molecular formula is C21H25FN2O2. The smallest absolute Gasteiger partial charge is 0.407 e. The molecule has 1 fully saturated rings. The van der Waals surface area contributed by atoms with Crippen molar-refractivity contribution in [2.24, 2.45) is 0 Å². The summed E-state index contributed by atoms with van der Waals surface area (Å²) in [5.74, 6) is -0.207. The Morgan fingerprint density at radius 3 is 2.46 bits per heavy atom. The zero-order valence-electron chi connectivity index (χ0n) is 15.0. The molecule has 2 aromatic rings. The fourth-order valence-corrected chi connectivity index (χ4v) is 3.24. The summed E-state index contributed by atoms with van der Waals surface area (Å²) in [4.78, 5) is 11.8. The van der Waals surface area contributed by atoms with E-state index in [0.29, 0.717) is 12.1 Å². The van der Waals surface area contributed by atoms with Gasteiger partial charge in [0.25, 0.3) is 0 Å². The Balaban J connectivity index is 1.31. The van der Waals surface area contributed by atoms with Gasteiger partial charge in [0.2, 0.25) is 0 Å². The number of carbonyl (C=O) groups is 1. The summed E-state index contributed by atoms with van der Waals surface area (Å²) in [6.07, 6.45) is 2.28. The summed E-state index contributed by atoms with van der Waals surface area (Å²) in [5, 5.41) is 6.46. The molecule has 3 rings (SSSR count). The van der Waals surface area contributed by atoms with Crippen molar-refractivity contribution in [3.63, 3.8) is 0 Å². The van der Waals surface area contributed by atoms with Crippen LogP contribution in [0.3, 0.4) is 0 Å². The lowest BCUT2D eigenvalue weighted by molar-refractivity contribution is 0.124. The standard InChI is InChI=1S/C21H25FN2O2/c1-15(11-16-7-9-18(22)10-8-16)23-19-12-20(13-19)24-21(25)26-14-17-5-3-2-4-6-17/h2-10,15,19-20,23H,11-14H2,1H3,(H,24,25). The first kappa shape index (κ1) is 18.4. The monoisotopic (exact) mass is 356 g/mol. The molecule has 1 unspecified atom stereocenters. The van der Waals surface area contributed by atoms with Crippen molar-refractivity contribution >= 4 is 6.09 Å². The molecule has 138 valence electrons. The second kappa shape index (κ2) is 8.81. The Kier molecular flexibility index (Phi) is 6.23. The quantitative estimate of drug-likeness (QED) is 0.793. The summed E-state index contributed by atoms with van der Waals surface area (Å²) in [7, 11) is 0. The molecule has 0 saturated heterocycles. The summed E-state index contributed by atoms with van der Waals surface area (Å²) < 4.78 is 18.2. The van der Waals surface area contributed by atoms with E-state index in [9.17, 15) is 9.18 Å². The maximum Gasteiger partial charge on any atom is 0.407 e. The van der Waals surface area contributed by atoms with Crippen LogP contribution >= 0.6 is 0 Å². The molecule has 4 nitrogen and oxygen atoms in total. The third-order valence-electron chi connectivity index (χ3n) is 4.65. The summed E-state index contributed by atoms with van der Waals surface area (Å²) >= 11 is 0. The minimum absolute atomic E-state index is 0.161. The Hall–Kier alpha value is -2.40. The van der Waals surface area contributed by atoms with E-state index in [1.54, 1.807) is 0 Å². The first-order chi connectivity index (χ1) is 12.6. The van der Waals surface area contributed by atoms with Gasteiger partial charge < -0.3 is 15.4 Å². The Labute approximate surface area is 153 Å². The number of carbonyl (C=O) groups excluding carboxylic acids is 1. The van der Waals surface area contributed by atoms with Crippen molar-refractivity contribution in [1.29, 1.82) is 0 Å². The number of amides is 1. The molecule has 0 bridgehead atoms. The highest BCUT2D eigenvalue weighted by Gasteiger charge is 2.31. The highest BCUT2D eigenvalue weighted by molar-refractivity contribution is 5.67. The minimum atomic E-state index is -0.364. The number of benzene rings is 2. The second-order valence-corrected chi connectivity index (χ2v) is 6.97. The van der Waals surface area contributed by atoms with Gasteiger partial charge in [-0.15, -0.1) is 0 Å². The summed E-state index contributed by atoms with van der Waals surface area (Å²) in [6.45, 7) is 2.41. The van der Waals surface area contributed by atoms with Gasteiger partial charge >= 0.3 is 6.09 Å². The number of halogens is 1. The zero-order valence-corrected chi connectivity index (χ0v) is 15.0. The average molecular weight is 356 g/mol. The lowest BCUT2D eigenvalue weighted by Gasteiger charge is -2.37. The Morgan fingerprint density at radius 2 is 1.77 bits per heavy atom. The van der Waals surface area contributed by atoms with Gasteiger partial charge in [-0.3, -0.25) is 0 Å². The number of rotatable bonds is 7. The summed E-state index contributed by atoms with van der Waals surface area (Å²) in [5.41, 5.74) is 2.09. The second-order valence-electron chi connectivity index (χ2n) is 6.97. The van der Waals surface area contributed by atoms with Crippen LogP contribution in [0, 0.1) is 5.82 Å². The zero-order chi connectivity index (χ0) is 18.4. The van der Waals surface area contributed by atoms with E-state index >= 15 is 0 Å². The highest BCUT2D eigenvalue weighted by Crippen LogP contribution is 2.21. The number of ether oxygens (including phenoxy) is 1.